The molecule has 0 aliphatic heterocycles. The van der Waals surface area contributed by atoms with E-state index in [2.05, 4.69) is 10.4 Å². The molecule has 31 heavy (non-hydrogen) atoms. The lowest BCUT2D eigenvalue weighted by Gasteiger charge is -2.11. The number of aromatic nitrogens is 2. The number of carbonyl (C=O) groups excluding carboxylic acids is 1. The number of nitro groups is 2. The van der Waals surface area contributed by atoms with Crippen molar-refractivity contribution in [3.05, 3.63) is 74.6 Å². The number of amides is 1. The molecule has 0 fully saturated rings. The van der Waals surface area contributed by atoms with Gasteiger partial charge in [-0.25, -0.2) is 0 Å². The minimum absolute atomic E-state index is 0.00412. The number of benzene rings is 2. The first-order valence-corrected chi connectivity index (χ1v) is 8.96. The third-order valence-electron chi connectivity index (χ3n) is 4.13. The largest absolute Gasteiger partial charge is 0.493 e. The van der Waals surface area contributed by atoms with E-state index in [-0.39, 0.29) is 17.1 Å². The number of aryl methyl sites for hydroxylation is 1. The second kappa shape index (κ2) is 8.90. The Balaban J connectivity index is 1.94. The summed E-state index contributed by atoms with van der Waals surface area (Å²) in [6, 6.07) is 10.3. The predicted octanol–water partition coefficient (Wildman–Crippen LogP) is 3.77. The normalized spacial score (nSPS) is 10.4. The lowest BCUT2D eigenvalue weighted by Crippen LogP contribution is -2.15. The highest BCUT2D eigenvalue weighted by Gasteiger charge is 2.26. The number of nitro benzene ring substituents is 1. The van der Waals surface area contributed by atoms with Crippen molar-refractivity contribution in [1.82, 2.24) is 9.78 Å². The van der Waals surface area contributed by atoms with Crippen LogP contribution in [-0.2, 0) is 6.54 Å². The van der Waals surface area contributed by atoms with Gasteiger partial charge in [-0.1, -0.05) is 12.1 Å². The van der Waals surface area contributed by atoms with Gasteiger partial charge in [0.25, 0.3) is 11.6 Å². The molecule has 0 bridgehead atoms. The van der Waals surface area contributed by atoms with Crippen molar-refractivity contribution in [2.45, 2.75) is 13.5 Å². The molecule has 0 aliphatic rings. The van der Waals surface area contributed by atoms with Crippen molar-refractivity contribution >= 4 is 23.0 Å². The van der Waals surface area contributed by atoms with E-state index in [4.69, 9.17) is 9.47 Å². The van der Waals surface area contributed by atoms with Crippen LogP contribution < -0.4 is 14.8 Å². The van der Waals surface area contributed by atoms with Gasteiger partial charge in [-0.15, -0.1) is 0 Å². The van der Waals surface area contributed by atoms with E-state index in [1.54, 1.807) is 31.2 Å². The van der Waals surface area contributed by atoms with Gasteiger partial charge in [-0.3, -0.25) is 29.7 Å². The number of methoxy groups -OCH3 is 1. The monoisotopic (exact) mass is 427 g/mol. The quantitative estimate of drug-likeness (QED) is 0.421. The molecule has 1 N–H and O–H groups in total. The Labute approximate surface area is 175 Å². The number of rotatable bonds is 8. The Bertz CT molecular complexity index is 1160. The molecule has 12 nitrogen and oxygen atoms in total. The molecule has 0 aliphatic carbocycles. The van der Waals surface area contributed by atoms with Crippen molar-refractivity contribution in [3.8, 4) is 17.2 Å². The van der Waals surface area contributed by atoms with E-state index in [0.29, 0.717) is 18.0 Å². The highest BCUT2D eigenvalue weighted by atomic mass is 16.6. The van der Waals surface area contributed by atoms with Crippen LogP contribution in [0.2, 0.25) is 0 Å². The van der Waals surface area contributed by atoms with Crippen molar-refractivity contribution in [3.63, 3.8) is 0 Å². The van der Waals surface area contributed by atoms with Crippen molar-refractivity contribution < 1.29 is 24.1 Å². The minimum atomic E-state index is -0.886. The zero-order valence-corrected chi connectivity index (χ0v) is 16.5. The number of non-ortho nitro benzene ring substituents is 1. The SMILES string of the molecule is CCn1cc([N+](=O)[O-])c(C(=O)Nc2cc(Oc3ccccc3OC)cc([N+](=O)[O-])c2)n1. The van der Waals surface area contributed by atoms with Gasteiger partial charge in [0, 0.05) is 18.7 Å². The molecule has 0 spiro atoms. The first-order valence-electron chi connectivity index (χ1n) is 8.96. The molecule has 0 saturated heterocycles. The standard InChI is InChI=1S/C19H17N5O7/c1-3-22-11-15(24(28)29)18(21-22)19(25)20-12-8-13(23(26)27)10-14(9-12)31-17-7-5-4-6-16(17)30-2/h4-11H,3H2,1-2H3,(H,20,25). The Hall–Kier alpha value is -4.48. The molecule has 12 heteroatoms. The average Bonchev–Trinajstić information content (AvgIpc) is 3.19. The molecule has 0 unspecified atom stereocenters. The predicted molar refractivity (Wildman–Crippen MR) is 109 cm³/mol. The second-order valence-corrected chi connectivity index (χ2v) is 6.16. The number of nitrogens with zero attached hydrogens (tertiary/aromatic N) is 4. The number of para-hydroxylation sites is 2. The van der Waals surface area contributed by atoms with Gasteiger partial charge in [0.1, 0.15) is 11.9 Å². The molecule has 2 aromatic carbocycles. The molecule has 0 atom stereocenters. The molecule has 0 saturated carbocycles. The van der Waals surface area contributed by atoms with Crippen LogP contribution in [-0.4, -0.2) is 32.6 Å². The van der Waals surface area contributed by atoms with Crippen LogP contribution in [0.4, 0.5) is 17.1 Å². The number of anilines is 1. The summed E-state index contributed by atoms with van der Waals surface area (Å²) < 4.78 is 12.1. The van der Waals surface area contributed by atoms with Crippen LogP contribution in [0.15, 0.2) is 48.7 Å². The summed E-state index contributed by atoms with van der Waals surface area (Å²) in [5.41, 5.74) is -1.23. The van der Waals surface area contributed by atoms with Crippen LogP contribution in [0, 0.1) is 20.2 Å². The third kappa shape index (κ3) is 4.75. The van der Waals surface area contributed by atoms with Crippen molar-refractivity contribution in [1.29, 1.82) is 0 Å². The summed E-state index contributed by atoms with van der Waals surface area (Å²) in [7, 11) is 1.45. The summed E-state index contributed by atoms with van der Waals surface area (Å²) in [6.07, 6.45) is 1.14. The van der Waals surface area contributed by atoms with Gasteiger partial charge in [-0.05, 0) is 19.1 Å². The number of carbonyl (C=O) groups is 1. The smallest absolute Gasteiger partial charge is 0.320 e. The summed E-state index contributed by atoms with van der Waals surface area (Å²) in [4.78, 5) is 33.8. The fourth-order valence-corrected chi connectivity index (χ4v) is 2.71. The highest BCUT2D eigenvalue weighted by molar-refractivity contribution is 6.05. The van der Waals surface area contributed by atoms with Crippen LogP contribution in [0.25, 0.3) is 0 Å². The van der Waals surface area contributed by atoms with Gasteiger partial charge in [0.05, 0.1) is 28.7 Å². The summed E-state index contributed by atoms with van der Waals surface area (Å²) in [6.45, 7) is 2.03. The van der Waals surface area contributed by atoms with E-state index >= 15 is 0 Å². The lowest BCUT2D eigenvalue weighted by molar-refractivity contribution is -0.385. The minimum Gasteiger partial charge on any atom is -0.493 e. The van der Waals surface area contributed by atoms with E-state index in [0.717, 1.165) is 12.3 Å². The maximum Gasteiger partial charge on any atom is 0.320 e. The number of hydrogen-bond donors (Lipinski definition) is 1. The topological polar surface area (TPSA) is 152 Å². The van der Waals surface area contributed by atoms with Gasteiger partial charge in [-0.2, -0.15) is 5.10 Å². The Morgan fingerprint density at radius 1 is 1.13 bits per heavy atom. The zero-order valence-electron chi connectivity index (χ0n) is 16.5. The Morgan fingerprint density at radius 2 is 1.84 bits per heavy atom. The molecule has 160 valence electrons. The van der Waals surface area contributed by atoms with Crippen LogP contribution in [0.5, 0.6) is 17.2 Å². The van der Waals surface area contributed by atoms with Gasteiger partial charge in [0.15, 0.2) is 11.5 Å². The summed E-state index contributed by atoms with van der Waals surface area (Å²) in [5, 5.41) is 28.9. The fraction of sp³-hybridized carbons (Fsp3) is 0.158. The maximum atomic E-state index is 12.6. The molecule has 1 amide bonds. The zero-order chi connectivity index (χ0) is 22.5. The molecule has 3 aromatic rings. The van der Waals surface area contributed by atoms with Gasteiger partial charge >= 0.3 is 5.69 Å². The maximum absolute atomic E-state index is 12.6. The van der Waals surface area contributed by atoms with E-state index < -0.39 is 27.1 Å². The first kappa shape index (κ1) is 21.2. The van der Waals surface area contributed by atoms with E-state index in [1.165, 1.54) is 23.9 Å². The second-order valence-electron chi connectivity index (χ2n) is 6.16. The Morgan fingerprint density at radius 3 is 2.45 bits per heavy atom. The average molecular weight is 427 g/mol. The highest BCUT2D eigenvalue weighted by Crippen LogP contribution is 2.34. The van der Waals surface area contributed by atoms with Crippen molar-refractivity contribution in [2.24, 2.45) is 0 Å². The van der Waals surface area contributed by atoms with Gasteiger partial charge < -0.3 is 14.8 Å². The van der Waals surface area contributed by atoms with Crippen LogP contribution >= 0.6 is 0 Å². The van der Waals surface area contributed by atoms with Crippen LogP contribution in [0.3, 0.4) is 0 Å². The van der Waals surface area contributed by atoms with E-state index in [1.807, 2.05) is 0 Å². The number of ether oxygens (including phenoxy) is 2. The molecular weight excluding hydrogens is 410 g/mol. The third-order valence-corrected chi connectivity index (χ3v) is 4.13. The van der Waals surface area contributed by atoms with E-state index in [9.17, 15) is 25.0 Å². The first-order chi connectivity index (χ1) is 14.8. The lowest BCUT2D eigenvalue weighted by atomic mass is 10.2. The number of nitrogens with one attached hydrogen (secondary N) is 1. The molecular formula is C19H17N5O7. The molecule has 1 aromatic heterocycles. The fourth-order valence-electron chi connectivity index (χ4n) is 2.71. The van der Waals surface area contributed by atoms with Gasteiger partial charge in [0.2, 0.25) is 5.69 Å². The van der Waals surface area contributed by atoms with Crippen molar-refractivity contribution in [2.75, 3.05) is 12.4 Å². The molecule has 3 rings (SSSR count). The van der Waals surface area contributed by atoms with Crippen LogP contribution in [0.1, 0.15) is 17.4 Å². The Kier molecular flexibility index (Phi) is 6.10. The summed E-state index contributed by atoms with van der Waals surface area (Å²) >= 11 is 0. The summed E-state index contributed by atoms with van der Waals surface area (Å²) in [5.74, 6) is -0.120. The number of hydrogen-bond acceptors (Lipinski definition) is 8. The molecule has 1 heterocycles. The molecule has 0 radical (unpaired) electrons.